The van der Waals surface area contributed by atoms with Crippen LogP contribution in [0.4, 0.5) is 0 Å². The average Bonchev–Trinajstić information content (AvgIpc) is 2.49. The largest absolute Gasteiger partial charge is 0.493 e. The van der Waals surface area contributed by atoms with E-state index in [-0.39, 0.29) is 5.92 Å². The van der Waals surface area contributed by atoms with E-state index in [1.807, 2.05) is 6.07 Å². The molecule has 6 nitrogen and oxygen atoms in total. The molecular weight excluding hydrogens is 258 g/mol. The molecule has 0 radical (unpaired) electrons. The summed E-state index contributed by atoms with van der Waals surface area (Å²) in [5.41, 5.74) is 0.856. The van der Waals surface area contributed by atoms with E-state index in [1.165, 1.54) is 6.20 Å². The third-order valence-corrected chi connectivity index (χ3v) is 3.37. The molecule has 1 unspecified atom stereocenters. The zero-order valence-electron chi connectivity index (χ0n) is 10.5. The van der Waals surface area contributed by atoms with E-state index < -0.39 is 11.1 Å². The second-order valence-corrected chi connectivity index (χ2v) is 4.67. The molecule has 2 aromatic rings. The van der Waals surface area contributed by atoms with Gasteiger partial charge in [-0.05, 0) is 24.1 Å². The van der Waals surface area contributed by atoms with Crippen LogP contribution in [-0.2, 0) is 6.42 Å². The van der Waals surface area contributed by atoms with Gasteiger partial charge in [-0.2, -0.15) is 5.26 Å². The lowest BCUT2D eigenvalue weighted by Crippen LogP contribution is -2.32. The number of benzene rings is 1. The van der Waals surface area contributed by atoms with Crippen LogP contribution >= 0.6 is 0 Å². The quantitative estimate of drug-likeness (QED) is 0.742. The molecule has 0 fully saturated rings. The summed E-state index contributed by atoms with van der Waals surface area (Å²) in [6.07, 6.45) is 2.19. The van der Waals surface area contributed by atoms with Gasteiger partial charge >= 0.3 is 11.1 Å². The first-order chi connectivity index (χ1) is 9.67. The zero-order chi connectivity index (χ0) is 14.1. The minimum absolute atomic E-state index is 0.0278. The van der Waals surface area contributed by atoms with Crippen molar-refractivity contribution in [2.75, 3.05) is 6.61 Å². The number of rotatable bonds is 1. The molecule has 100 valence electrons. The van der Waals surface area contributed by atoms with Crippen molar-refractivity contribution in [2.24, 2.45) is 0 Å². The predicted octanol–water partition coefficient (Wildman–Crippen LogP) is 0.654. The third-order valence-electron chi connectivity index (χ3n) is 3.37. The van der Waals surface area contributed by atoms with Crippen LogP contribution in [-0.4, -0.2) is 16.6 Å². The summed E-state index contributed by atoms with van der Waals surface area (Å²) in [5.74, 6) is 0.673. The van der Waals surface area contributed by atoms with Crippen molar-refractivity contribution in [1.82, 2.24) is 9.97 Å². The summed E-state index contributed by atoms with van der Waals surface area (Å²) < 4.78 is 5.64. The van der Waals surface area contributed by atoms with Crippen LogP contribution in [0.5, 0.6) is 5.75 Å². The fourth-order valence-electron chi connectivity index (χ4n) is 2.29. The molecule has 1 aliphatic rings. The van der Waals surface area contributed by atoms with Crippen LogP contribution in [0.1, 0.15) is 22.7 Å². The molecule has 3 rings (SSSR count). The summed E-state index contributed by atoms with van der Waals surface area (Å²) >= 11 is 0. The summed E-state index contributed by atoms with van der Waals surface area (Å²) in [6, 6.07) is 7.36. The molecule has 0 saturated carbocycles. The molecule has 1 aromatic heterocycles. The SMILES string of the molecule is N#Cc1ccc2c(c1)OCC(c1c[nH]c(=O)c(=O)[nH]1)C2. The molecular formula is C14H11N3O3. The van der Waals surface area contributed by atoms with Crippen LogP contribution in [0.2, 0.25) is 0 Å². The van der Waals surface area contributed by atoms with Crippen molar-refractivity contribution in [3.8, 4) is 11.8 Å². The van der Waals surface area contributed by atoms with Crippen LogP contribution in [0.15, 0.2) is 34.0 Å². The number of hydrogen-bond donors (Lipinski definition) is 2. The van der Waals surface area contributed by atoms with E-state index in [0.717, 1.165) is 5.56 Å². The maximum Gasteiger partial charge on any atom is 0.313 e. The Morgan fingerprint density at radius 3 is 2.90 bits per heavy atom. The zero-order valence-corrected chi connectivity index (χ0v) is 10.5. The van der Waals surface area contributed by atoms with E-state index in [9.17, 15) is 9.59 Å². The van der Waals surface area contributed by atoms with Crippen LogP contribution in [0, 0.1) is 11.3 Å². The van der Waals surface area contributed by atoms with Crippen molar-refractivity contribution < 1.29 is 4.74 Å². The highest BCUT2D eigenvalue weighted by Crippen LogP contribution is 2.31. The number of nitrogens with one attached hydrogen (secondary N) is 2. The second kappa shape index (κ2) is 4.70. The Morgan fingerprint density at radius 1 is 1.30 bits per heavy atom. The Kier molecular flexibility index (Phi) is 2.88. The van der Waals surface area contributed by atoms with Gasteiger partial charge < -0.3 is 14.7 Å². The monoisotopic (exact) mass is 269 g/mol. The van der Waals surface area contributed by atoms with E-state index in [0.29, 0.717) is 30.0 Å². The lowest BCUT2D eigenvalue weighted by Gasteiger charge is -2.25. The highest BCUT2D eigenvalue weighted by molar-refractivity contribution is 5.44. The number of fused-ring (bicyclic) bond motifs is 1. The van der Waals surface area contributed by atoms with E-state index in [1.54, 1.807) is 12.1 Å². The molecule has 0 aliphatic carbocycles. The van der Waals surface area contributed by atoms with Crippen LogP contribution in [0.3, 0.4) is 0 Å². The van der Waals surface area contributed by atoms with Crippen LogP contribution in [0.25, 0.3) is 0 Å². The van der Waals surface area contributed by atoms with Crippen molar-refractivity contribution in [3.63, 3.8) is 0 Å². The fourth-order valence-corrected chi connectivity index (χ4v) is 2.29. The molecule has 1 atom stereocenters. The number of aromatic nitrogens is 2. The van der Waals surface area contributed by atoms with E-state index in [4.69, 9.17) is 10.00 Å². The molecule has 20 heavy (non-hydrogen) atoms. The van der Waals surface area contributed by atoms with E-state index >= 15 is 0 Å². The number of nitrogens with zero attached hydrogens (tertiary/aromatic N) is 1. The van der Waals surface area contributed by atoms with Gasteiger partial charge in [0.15, 0.2) is 0 Å². The first-order valence-corrected chi connectivity index (χ1v) is 6.15. The smallest absolute Gasteiger partial charge is 0.313 e. The Bertz CT molecular complexity index is 813. The minimum Gasteiger partial charge on any atom is -0.493 e. The molecule has 2 heterocycles. The lowest BCUT2D eigenvalue weighted by molar-refractivity contribution is 0.260. The number of nitriles is 1. The molecule has 0 saturated heterocycles. The minimum atomic E-state index is -0.662. The summed E-state index contributed by atoms with van der Waals surface area (Å²) in [4.78, 5) is 27.4. The van der Waals surface area contributed by atoms with Gasteiger partial charge in [0.1, 0.15) is 5.75 Å². The van der Waals surface area contributed by atoms with E-state index in [2.05, 4.69) is 16.0 Å². The summed E-state index contributed by atoms with van der Waals surface area (Å²) in [7, 11) is 0. The topological polar surface area (TPSA) is 98.7 Å². The summed E-state index contributed by atoms with van der Waals surface area (Å²) in [5, 5.41) is 8.85. The van der Waals surface area contributed by atoms with Crippen molar-refractivity contribution in [1.29, 1.82) is 5.26 Å². The highest BCUT2D eigenvalue weighted by atomic mass is 16.5. The predicted molar refractivity (Wildman–Crippen MR) is 70.8 cm³/mol. The van der Waals surface area contributed by atoms with Crippen molar-refractivity contribution in [2.45, 2.75) is 12.3 Å². The van der Waals surface area contributed by atoms with Gasteiger partial charge in [0.05, 0.1) is 18.2 Å². The Morgan fingerprint density at radius 2 is 2.15 bits per heavy atom. The lowest BCUT2D eigenvalue weighted by atomic mass is 9.93. The summed E-state index contributed by atoms with van der Waals surface area (Å²) in [6.45, 7) is 0.393. The molecule has 0 bridgehead atoms. The maximum absolute atomic E-state index is 11.3. The van der Waals surface area contributed by atoms with Crippen LogP contribution < -0.4 is 15.9 Å². The number of aromatic amines is 2. The molecule has 1 aliphatic heterocycles. The molecule has 0 spiro atoms. The van der Waals surface area contributed by atoms with Gasteiger partial charge in [-0.25, -0.2) is 0 Å². The third kappa shape index (κ3) is 2.10. The number of ether oxygens (including phenoxy) is 1. The van der Waals surface area contributed by atoms with Gasteiger partial charge in [-0.3, -0.25) is 9.59 Å². The highest BCUT2D eigenvalue weighted by Gasteiger charge is 2.22. The Hall–Kier alpha value is -2.81. The number of H-pyrrole nitrogens is 2. The van der Waals surface area contributed by atoms with Crippen molar-refractivity contribution >= 4 is 0 Å². The van der Waals surface area contributed by atoms with Gasteiger partial charge in [0.25, 0.3) is 0 Å². The molecule has 6 heteroatoms. The second-order valence-electron chi connectivity index (χ2n) is 4.67. The average molecular weight is 269 g/mol. The Labute approximate surface area is 113 Å². The maximum atomic E-state index is 11.3. The normalized spacial score (nSPS) is 16.9. The molecule has 0 amide bonds. The first-order valence-electron chi connectivity index (χ1n) is 6.15. The standard InChI is InChI=1S/C14H11N3O3/c15-5-8-1-2-9-4-10(7-20-12(9)3-8)11-6-16-13(18)14(19)17-11/h1-3,6,10H,4,7H2,(H,16,18)(H,17,19). The van der Waals surface area contributed by atoms with Gasteiger partial charge in [0, 0.05) is 17.8 Å². The first kappa shape index (κ1) is 12.2. The van der Waals surface area contributed by atoms with Gasteiger partial charge in [-0.1, -0.05) is 6.07 Å². The fraction of sp³-hybridized carbons (Fsp3) is 0.214. The van der Waals surface area contributed by atoms with Gasteiger partial charge in [0.2, 0.25) is 0 Å². The molecule has 1 aromatic carbocycles. The number of hydrogen-bond acceptors (Lipinski definition) is 4. The van der Waals surface area contributed by atoms with Crippen molar-refractivity contribution in [3.05, 3.63) is 61.9 Å². The molecule has 2 N–H and O–H groups in total. The van der Waals surface area contributed by atoms with Gasteiger partial charge in [-0.15, -0.1) is 0 Å². The Balaban J connectivity index is 1.92.